The van der Waals surface area contributed by atoms with Gasteiger partial charge in [0, 0.05) is 17.4 Å². The van der Waals surface area contributed by atoms with Crippen molar-refractivity contribution in [1.82, 2.24) is 9.97 Å². The van der Waals surface area contributed by atoms with Gasteiger partial charge in [0.05, 0.1) is 22.4 Å². The van der Waals surface area contributed by atoms with Crippen molar-refractivity contribution in [2.45, 2.75) is 6.92 Å². The van der Waals surface area contributed by atoms with Gasteiger partial charge < -0.3 is 5.11 Å². The van der Waals surface area contributed by atoms with Crippen LogP contribution >= 0.6 is 0 Å². The molecule has 23 heavy (non-hydrogen) atoms. The Kier molecular flexibility index (Phi) is 4.60. The maximum atomic E-state index is 7.57. The van der Waals surface area contributed by atoms with Crippen molar-refractivity contribution in [3.63, 3.8) is 0 Å². The maximum Gasteiger partial charge on any atom is 0.0894 e. The molecule has 2 heterocycles. The molecule has 3 heteroatoms. The number of aliphatic hydroxyl groups is 1. The fraction of sp³-hybridized carbons (Fsp3) is 0.100. The van der Waals surface area contributed by atoms with E-state index in [0.717, 1.165) is 33.2 Å². The lowest BCUT2D eigenvalue weighted by atomic mass is 10.1. The van der Waals surface area contributed by atoms with Crippen LogP contribution < -0.4 is 0 Å². The first kappa shape index (κ1) is 15.1. The molecule has 0 amide bonds. The van der Waals surface area contributed by atoms with E-state index in [-0.39, 0.29) is 6.61 Å². The molecule has 4 rings (SSSR count). The number of aliphatic hydroxyl groups excluding tert-OH is 1. The molecule has 0 saturated heterocycles. The highest BCUT2D eigenvalue weighted by molar-refractivity contribution is 5.83. The minimum Gasteiger partial charge on any atom is -0.397 e. The molecule has 0 saturated carbocycles. The second kappa shape index (κ2) is 6.99. The summed E-state index contributed by atoms with van der Waals surface area (Å²) in [6, 6.07) is 24.5. The molecule has 0 radical (unpaired) electrons. The third-order valence-corrected chi connectivity index (χ3v) is 3.46. The zero-order valence-corrected chi connectivity index (χ0v) is 13.0. The molecule has 0 bridgehead atoms. The molecular formula is C20H18N2O. The summed E-state index contributed by atoms with van der Waals surface area (Å²) >= 11 is 0. The van der Waals surface area contributed by atoms with Crippen LogP contribution in [-0.2, 0) is 0 Å². The maximum absolute atomic E-state index is 7.57. The number of fused-ring (bicyclic) bond motifs is 2. The van der Waals surface area contributed by atoms with Crippen molar-refractivity contribution >= 4 is 21.8 Å². The summed E-state index contributed by atoms with van der Waals surface area (Å²) in [5.74, 6) is 0. The van der Waals surface area contributed by atoms with Gasteiger partial charge in [-0.1, -0.05) is 48.5 Å². The number of aromatic nitrogens is 2. The first-order valence-corrected chi connectivity index (χ1v) is 7.64. The highest BCUT2D eigenvalue weighted by Gasteiger charge is 2.03. The summed E-state index contributed by atoms with van der Waals surface area (Å²) < 4.78 is 0. The average molecular weight is 302 g/mol. The molecule has 3 nitrogen and oxygen atoms in total. The third kappa shape index (κ3) is 3.35. The van der Waals surface area contributed by atoms with Gasteiger partial charge in [-0.05, 0) is 31.2 Å². The molecular weight excluding hydrogens is 284 g/mol. The van der Waals surface area contributed by atoms with E-state index in [4.69, 9.17) is 5.11 Å². The van der Waals surface area contributed by atoms with Gasteiger partial charge in [-0.2, -0.15) is 0 Å². The van der Waals surface area contributed by atoms with E-state index < -0.39 is 0 Å². The van der Waals surface area contributed by atoms with Crippen LogP contribution in [0.5, 0.6) is 0 Å². The van der Waals surface area contributed by atoms with Gasteiger partial charge in [-0.15, -0.1) is 0 Å². The van der Waals surface area contributed by atoms with Crippen LogP contribution in [0.4, 0.5) is 0 Å². The topological polar surface area (TPSA) is 46.0 Å². The lowest BCUT2D eigenvalue weighted by molar-refractivity contribution is 0.318. The SMILES string of the molecule is CCO.c1ccc2nc(-c3ccc4ccccc4n3)ccc2c1. The smallest absolute Gasteiger partial charge is 0.0894 e. The molecule has 0 aliphatic rings. The zero-order chi connectivity index (χ0) is 16.1. The van der Waals surface area contributed by atoms with Gasteiger partial charge in [0.25, 0.3) is 0 Å². The lowest BCUT2D eigenvalue weighted by Gasteiger charge is -2.04. The number of para-hydroxylation sites is 2. The van der Waals surface area contributed by atoms with Crippen LogP contribution in [-0.4, -0.2) is 21.7 Å². The van der Waals surface area contributed by atoms with E-state index in [1.807, 2.05) is 48.5 Å². The largest absolute Gasteiger partial charge is 0.397 e. The average Bonchev–Trinajstić information content (AvgIpc) is 2.61. The second-order valence-electron chi connectivity index (χ2n) is 5.09. The highest BCUT2D eigenvalue weighted by atomic mass is 16.2. The van der Waals surface area contributed by atoms with E-state index in [9.17, 15) is 0 Å². The minimum absolute atomic E-state index is 0.250. The number of hydrogen-bond acceptors (Lipinski definition) is 3. The Balaban J connectivity index is 0.000000485. The Labute approximate surface area is 135 Å². The molecule has 0 aliphatic carbocycles. The summed E-state index contributed by atoms with van der Waals surface area (Å²) in [5.41, 5.74) is 3.82. The zero-order valence-electron chi connectivity index (χ0n) is 13.0. The lowest BCUT2D eigenvalue weighted by Crippen LogP contribution is -1.89. The normalized spacial score (nSPS) is 10.3. The molecule has 0 aliphatic heterocycles. The molecule has 0 unspecified atom stereocenters. The number of benzene rings is 2. The quantitative estimate of drug-likeness (QED) is 0.565. The van der Waals surface area contributed by atoms with Crippen molar-refractivity contribution in [2.24, 2.45) is 0 Å². The van der Waals surface area contributed by atoms with Crippen molar-refractivity contribution in [2.75, 3.05) is 6.61 Å². The van der Waals surface area contributed by atoms with E-state index in [1.54, 1.807) is 6.92 Å². The number of nitrogens with zero attached hydrogens (tertiary/aromatic N) is 2. The Bertz CT molecular complexity index is 857. The molecule has 0 spiro atoms. The van der Waals surface area contributed by atoms with Gasteiger partial charge in [-0.3, -0.25) is 0 Å². The van der Waals surface area contributed by atoms with Gasteiger partial charge in [0.2, 0.25) is 0 Å². The van der Waals surface area contributed by atoms with Crippen molar-refractivity contribution < 1.29 is 5.11 Å². The van der Waals surface area contributed by atoms with Crippen LogP contribution in [0.3, 0.4) is 0 Å². The molecule has 1 N–H and O–H groups in total. The Hall–Kier alpha value is -2.78. The van der Waals surface area contributed by atoms with Gasteiger partial charge in [-0.25, -0.2) is 9.97 Å². The van der Waals surface area contributed by atoms with Crippen molar-refractivity contribution in [3.05, 3.63) is 72.8 Å². The van der Waals surface area contributed by atoms with Gasteiger partial charge in [0.15, 0.2) is 0 Å². The van der Waals surface area contributed by atoms with Crippen LogP contribution in [0.25, 0.3) is 33.2 Å². The van der Waals surface area contributed by atoms with E-state index in [0.29, 0.717) is 0 Å². The molecule has 4 aromatic rings. The van der Waals surface area contributed by atoms with Gasteiger partial charge >= 0.3 is 0 Å². The van der Waals surface area contributed by atoms with Crippen molar-refractivity contribution in [1.29, 1.82) is 0 Å². The molecule has 114 valence electrons. The first-order valence-electron chi connectivity index (χ1n) is 7.64. The first-order chi connectivity index (χ1) is 11.3. The van der Waals surface area contributed by atoms with Crippen molar-refractivity contribution in [3.8, 4) is 11.4 Å². The Morgan fingerprint density at radius 1 is 0.652 bits per heavy atom. The van der Waals surface area contributed by atoms with Crippen LogP contribution in [0.1, 0.15) is 6.92 Å². The number of pyridine rings is 2. The third-order valence-electron chi connectivity index (χ3n) is 3.46. The number of rotatable bonds is 1. The van der Waals surface area contributed by atoms with Crippen LogP contribution in [0, 0.1) is 0 Å². The van der Waals surface area contributed by atoms with E-state index >= 15 is 0 Å². The number of hydrogen-bond donors (Lipinski definition) is 1. The molecule has 2 aromatic carbocycles. The standard InChI is InChI=1S/C18H12N2.C2H6O/c1-3-7-15-13(5-1)9-11-17(19-15)18-12-10-14-6-2-4-8-16(14)20-18;1-2-3/h1-12H;3H,2H2,1H3. The summed E-state index contributed by atoms with van der Waals surface area (Å²) in [5, 5.41) is 9.87. The second-order valence-corrected chi connectivity index (χ2v) is 5.09. The highest BCUT2D eigenvalue weighted by Crippen LogP contribution is 2.21. The fourth-order valence-corrected chi connectivity index (χ4v) is 2.42. The predicted molar refractivity (Wildman–Crippen MR) is 95.2 cm³/mol. The minimum atomic E-state index is 0.250. The van der Waals surface area contributed by atoms with E-state index in [2.05, 4.69) is 34.2 Å². The summed E-state index contributed by atoms with van der Waals surface area (Å²) in [6.45, 7) is 1.93. The Morgan fingerprint density at radius 3 is 1.48 bits per heavy atom. The monoisotopic (exact) mass is 302 g/mol. The molecule has 0 atom stereocenters. The van der Waals surface area contributed by atoms with Gasteiger partial charge in [0.1, 0.15) is 0 Å². The fourth-order valence-electron chi connectivity index (χ4n) is 2.42. The predicted octanol–water partition coefficient (Wildman–Crippen LogP) is 4.45. The summed E-state index contributed by atoms with van der Waals surface area (Å²) in [6.07, 6.45) is 0. The molecule has 0 fully saturated rings. The van der Waals surface area contributed by atoms with Crippen LogP contribution in [0.15, 0.2) is 72.8 Å². The van der Waals surface area contributed by atoms with E-state index in [1.165, 1.54) is 0 Å². The van der Waals surface area contributed by atoms with Crippen LogP contribution in [0.2, 0.25) is 0 Å². The summed E-state index contributed by atoms with van der Waals surface area (Å²) in [7, 11) is 0. The Morgan fingerprint density at radius 2 is 1.04 bits per heavy atom. The summed E-state index contributed by atoms with van der Waals surface area (Å²) in [4.78, 5) is 9.38. The molecule has 2 aromatic heterocycles.